The Balaban J connectivity index is 2.98. The van der Waals surface area contributed by atoms with Crippen molar-refractivity contribution in [3.05, 3.63) is 16.8 Å². The third-order valence-electron chi connectivity index (χ3n) is 2.43. The number of fused-ring (bicyclic) bond motifs is 1. The van der Waals surface area contributed by atoms with Crippen LogP contribution in [0.25, 0.3) is 11.2 Å². The molecule has 0 aromatic carbocycles. The van der Waals surface area contributed by atoms with Gasteiger partial charge in [0.1, 0.15) is 11.8 Å². The number of aromatic nitrogens is 4. The van der Waals surface area contributed by atoms with Gasteiger partial charge >= 0.3 is 5.69 Å². The van der Waals surface area contributed by atoms with Gasteiger partial charge in [0.15, 0.2) is 11.5 Å². The van der Waals surface area contributed by atoms with E-state index in [1.54, 1.807) is 18.7 Å². The van der Waals surface area contributed by atoms with Crippen molar-refractivity contribution in [1.29, 1.82) is 0 Å². The average molecular weight is 207 g/mol. The van der Waals surface area contributed by atoms with E-state index in [0.29, 0.717) is 5.65 Å². The third-order valence-corrected chi connectivity index (χ3v) is 2.43. The lowest BCUT2D eigenvalue weighted by atomic mass is 10.4. The summed E-state index contributed by atoms with van der Waals surface area (Å²) in [5, 5.41) is 0. The Hall–Kier alpha value is -1.85. The summed E-state index contributed by atoms with van der Waals surface area (Å²) >= 11 is 0. The quantitative estimate of drug-likeness (QED) is 0.646. The third kappa shape index (κ3) is 1.21. The van der Waals surface area contributed by atoms with Crippen molar-refractivity contribution < 1.29 is 0 Å². The summed E-state index contributed by atoms with van der Waals surface area (Å²) < 4.78 is 3.08. The van der Waals surface area contributed by atoms with Crippen LogP contribution in [0.2, 0.25) is 0 Å². The first-order chi connectivity index (χ1) is 7.04. The lowest BCUT2D eigenvalue weighted by molar-refractivity contribution is 0.791. The molecule has 0 saturated heterocycles. The summed E-state index contributed by atoms with van der Waals surface area (Å²) in [6, 6.07) is 0. The van der Waals surface area contributed by atoms with Gasteiger partial charge < -0.3 is 4.90 Å². The molecule has 0 saturated carbocycles. The predicted octanol–water partition coefficient (Wildman–Crippen LogP) is -0.267. The molecule has 0 N–H and O–H groups in total. The fourth-order valence-corrected chi connectivity index (χ4v) is 1.64. The molecule has 6 nitrogen and oxygen atoms in total. The molecule has 0 fully saturated rings. The van der Waals surface area contributed by atoms with E-state index in [1.807, 2.05) is 19.0 Å². The van der Waals surface area contributed by atoms with Gasteiger partial charge in [0.05, 0.1) is 0 Å². The number of aryl methyl sites for hydroxylation is 2. The molecule has 2 heterocycles. The van der Waals surface area contributed by atoms with E-state index >= 15 is 0 Å². The molecular formula is C9H13N5O. The van der Waals surface area contributed by atoms with Crippen LogP contribution in [-0.2, 0) is 14.1 Å². The second-order valence-corrected chi connectivity index (χ2v) is 3.66. The second-order valence-electron chi connectivity index (χ2n) is 3.66. The molecule has 0 atom stereocenters. The Morgan fingerprint density at radius 3 is 2.47 bits per heavy atom. The molecule has 0 bridgehead atoms. The van der Waals surface area contributed by atoms with Crippen LogP contribution < -0.4 is 10.6 Å². The van der Waals surface area contributed by atoms with Gasteiger partial charge in [0.25, 0.3) is 0 Å². The zero-order valence-electron chi connectivity index (χ0n) is 9.22. The van der Waals surface area contributed by atoms with Crippen molar-refractivity contribution in [2.24, 2.45) is 14.1 Å². The van der Waals surface area contributed by atoms with E-state index in [9.17, 15) is 4.79 Å². The van der Waals surface area contributed by atoms with Crippen molar-refractivity contribution in [3.8, 4) is 0 Å². The first-order valence-corrected chi connectivity index (χ1v) is 4.57. The highest BCUT2D eigenvalue weighted by Crippen LogP contribution is 2.18. The van der Waals surface area contributed by atoms with Crippen molar-refractivity contribution >= 4 is 17.0 Å². The van der Waals surface area contributed by atoms with Crippen molar-refractivity contribution in [2.75, 3.05) is 19.0 Å². The van der Waals surface area contributed by atoms with Crippen molar-refractivity contribution in [2.45, 2.75) is 0 Å². The maximum Gasteiger partial charge on any atom is 0.329 e. The standard InChI is InChI=1S/C9H13N5O/c1-12(2)7-6-8(11-5-10-7)14(4)9(15)13(6)3/h5H,1-4H3. The number of hydrogen-bond donors (Lipinski definition) is 0. The number of rotatable bonds is 1. The van der Waals surface area contributed by atoms with Gasteiger partial charge in [-0.25, -0.2) is 14.8 Å². The van der Waals surface area contributed by atoms with Crippen molar-refractivity contribution in [1.82, 2.24) is 19.1 Å². The van der Waals surface area contributed by atoms with E-state index < -0.39 is 0 Å². The van der Waals surface area contributed by atoms with E-state index in [-0.39, 0.29) is 5.69 Å². The molecule has 0 aliphatic heterocycles. The molecule has 2 aromatic rings. The SMILES string of the molecule is CN(C)c1ncnc2c1n(C)c(=O)n2C. The van der Waals surface area contributed by atoms with Crippen LogP contribution in [0.4, 0.5) is 5.82 Å². The molecule has 0 aliphatic rings. The first-order valence-electron chi connectivity index (χ1n) is 4.57. The highest BCUT2D eigenvalue weighted by molar-refractivity contribution is 5.83. The Kier molecular flexibility index (Phi) is 1.99. The van der Waals surface area contributed by atoms with Gasteiger partial charge in [-0.05, 0) is 0 Å². The van der Waals surface area contributed by atoms with Crippen LogP contribution in [0, 0.1) is 0 Å². The molecule has 0 aliphatic carbocycles. The smallest absolute Gasteiger partial charge is 0.329 e. The molecule has 0 unspecified atom stereocenters. The summed E-state index contributed by atoms with van der Waals surface area (Å²) in [4.78, 5) is 21.8. The normalized spacial score (nSPS) is 10.9. The van der Waals surface area contributed by atoms with Crippen LogP contribution >= 0.6 is 0 Å². The molecule has 80 valence electrons. The largest absolute Gasteiger partial charge is 0.361 e. The summed E-state index contributed by atoms with van der Waals surface area (Å²) in [5.74, 6) is 0.750. The minimum absolute atomic E-state index is 0.0893. The Morgan fingerprint density at radius 2 is 1.87 bits per heavy atom. The minimum Gasteiger partial charge on any atom is -0.361 e. The van der Waals surface area contributed by atoms with Crippen LogP contribution in [0.5, 0.6) is 0 Å². The maximum absolute atomic E-state index is 11.7. The van der Waals surface area contributed by atoms with Gasteiger partial charge in [-0.3, -0.25) is 9.13 Å². The summed E-state index contributed by atoms with van der Waals surface area (Å²) in [7, 11) is 7.20. The number of anilines is 1. The highest BCUT2D eigenvalue weighted by Gasteiger charge is 2.14. The Labute approximate surface area is 86.8 Å². The van der Waals surface area contributed by atoms with Gasteiger partial charge in [-0.2, -0.15) is 0 Å². The Bertz CT molecular complexity index is 566. The van der Waals surface area contributed by atoms with Crippen molar-refractivity contribution in [3.63, 3.8) is 0 Å². The topological polar surface area (TPSA) is 56.0 Å². The minimum atomic E-state index is -0.0893. The molecular weight excluding hydrogens is 194 g/mol. The van der Waals surface area contributed by atoms with E-state index in [2.05, 4.69) is 9.97 Å². The zero-order valence-corrected chi connectivity index (χ0v) is 9.22. The molecule has 0 spiro atoms. The lowest BCUT2D eigenvalue weighted by Crippen LogP contribution is -2.20. The van der Waals surface area contributed by atoms with Crippen LogP contribution in [-0.4, -0.2) is 33.2 Å². The summed E-state index contributed by atoms with van der Waals surface area (Å²) in [6.07, 6.45) is 1.47. The lowest BCUT2D eigenvalue weighted by Gasteiger charge is -2.11. The van der Waals surface area contributed by atoms with Crippen LogP contribution in [0.15, 0.2) is 11.1 Å². The predicted molar refractivity (Wildman–Crippen MR) is 58.1 cm³/mol. The number of imidazole rings is 1. The maximum atomic E-state index is 11.7. The zero-order chi connectivity index (χ0) is 11.2. The van der Waals surface area contributed by atoms with Gasteiger partial charge in [0.2, 0.25) is 0 Å². The van der Waals surface area contributed by atoms with E-state index in [4.69, 9.17) is 0 Å². The monoisotopic (exact) mass is 207 g/mol. The first kappa shape index (κ1) is 9.70. The Morgan fingerprint density at radius 1 is 1.20 bits per heavy atom. The summed E-state index contributed by atoms with van der Waals surface area (Å²) in [6.45, 7) is 0. The van der Waals surface area contributed by atoms with Gasteiger partial charge in [-0.1, -0.05) is 0 Å². The number of nitrogens with zero attached hydrogens (tertiary/aromatic N) is 5. The molecule has 2 rings (SSSR count). The summed E-state index contributed by atoms with van der Waals surface area (Å²) in [5.41, 5.74) is 1.32. The van der Waals surface area contributed by atoms with Crippen LogP contribution in [0.3, 0.4) is 0 Å². The second kappa shape index (κ2) is 3.08. The molecule has 0 amide bonds. The van der Waals surface area contributed by atoms with Gasteiger partial charge in [-0.15, -0.1) is 0 Å². The fraction of sp³-hybridized carbons (Fsp3) is 0.444. The fourth-order valence-electron chi connectivity index (χ4n) is 1.64. The molecule has 2 aromatic heterocycles. The van der Waals surface area contributed by atoms with Crippen LogP contribution in [0.1, 0.15) is 0 Å². The number of hydrogen-bond acceptors (Lipinski definition) is 4. The van der Waals surface area contributed by atoms with E-state index in [1.165, 1.54) is 10.9 Å². The van der Waals surface area contributed by atoms with Gasteiger partial charge in [0, 0.05) is 28.2 Å². The molecule has 0 radical (unpaired) electrons. The van der Waals surface area contributed by atoms with E-state index in [0.717, 1.165) is 11.3 Å². The highest BCUT2D eigenvalue weighted by atomic mass is 16.1. The average Bonchev–Trinajstić information content (AvgIpc) is 2.44. The molecule has 6 heteroatoms. The molecule has 15 heavy (non-hydrogen) atoms.